The van der Waals surface area contributed by atoms with Gasteiger partial charge in [-0.2, -0.15) is 0 Å². The molecule has 4 nitrogen and oxygen atoms in total. The highest BCUT2D eigenvalue weighted by molar-refractivity contribution is 6.34. The Morgan fingerprint density at radius 1 is 1.30 bits per heavy atom. The van der Waals surface area contributed by atoms with Gasteiger partial charge in [-0.15, -0.1) is 0 Å². The summed E-state index contributed by atoms with van der Waals surface area (Å²) in [7, 11) is 0. The number of carbonyl (C=O) groups is 1. The van der Waals surface area contributed by atoms with Gasteiger partial charge in [0.2, 0.25) is 5.91 Å². The maximum atomic E-state index is 11.7. The predicted molar refractivity (Wildman–Crippen MR) is 80.4 cm³/mol. The molecular weight excluding hydrogens is 301 g/mol. The highest BCUT2D eigenvalue weighted by atomic mass is 35.5. The van der Waals surface area contributed by atoms with Crippen LogP contribution in [0.5, 0.6) is 5.75 Å². The van der Waals surface area contributed by atoms with Crippen LogP contribution in [0.2, 0.25) is 10.0 Å². The average Bonchev–Trinajstić information content (AvgIpc) is 2.36. The van der Waals surface area contributed by atoms with Crippen molar-refractivity contribution in [2.45, 2.75) is 26.3 Å². The van der Waals surface area contributed by atoms with E-state index in [1.807, 2.05) is 13.8 Å². The third-order valence-electron chi connectivity index (χ3n) is 2.96. The quantitative estimate of drug-likeness (QED) is 0.812. The Labute approximate surface area is 129 Å². The minimum atomic E-state index is -0.120. The monoisotopic (exact) mass is 319 g/mol. The number of hydrogen-bond donors (Lipinski definition) is 2. The maximum absolute atomic E-state index is 11.7. The van der Waals surface area contributed by atoms with Gasteiger partial charge in [0.1, 0.15) is 5.75 Å². The lowest BCUT2D eigenvalue weighted by Gasteiger charge is -2.19. The fourth-order valence-corrected chi connectivity index (χ4v) is 2.01. The average molecular weight is 320 g/mol. The molecule has 0 saturated carbocycles. The van der Waals surface area contributed by atoms with Crippen LogP contribution in [0.4, 0.5) is 0 Å². The van der Waals surface area contributed by atoms with E-state index in [9.17, 15) is 4.79 Å². The third kappa shape index (κ3) is 5.99. The van der Waals surface area contributed by atoms with E-state index >= 15 is 0 Å². The first kappa shape index (κ1) is 17.1. The van der Waals surface area contributed by atoms with Gasteiger partial charge in [-0.3, -0.25) is 4.79 Å². The SMILES string of the molecule is CC(CO)C(C)NC(=O)CCOc1cc(Cl)cc(Cl)c1. The molecule has 0 fully saturated rings. The van der Waals surface area contributed by atoms with Gasteiger partial charge in [-0.05, 0) is 31.0 Å². The van der Waals surface area contributed by atoms with Crippen LogP contribution in [-0.2, 0) is 4.79 Å². The number of aliphatic hydroxyl groups is 1. The van der Waals surface area contributed by atoms with Gasteiger partial charge in [0.15, 0.2) is 0 Å². The molecule has 0 aromatic heterocycles. The van der Waals surface area contributed by atoms with Gasteiger partial charge in [-0.1, -0.05) is 30.1 Å². The number of rotatable bonds is 7. The zero-order chi connectivity index (χ0) is 15.1. The minimum absolute atomic E-state index is 0.0200. The number of benzene rings is 1. The van der Waals surface area contributed by atoms with Crippen molar-refractivity contribution < 1.29 is 14.6 Å². The summed E-state index contributed by atoms with van der Waals surface area (Å²) in [5.41, 5.74) is 0. The smallest absolute Gasteiger partial charge is 0.223 e. The van der Waals surface area contributed by atoms with Crippen molar-refractivity contribution in [3.05, 3.63) is 28.2 Å². The van der Waals surface area contributed by atoms with E-state index < -0.39 is 0 Å². The number of ether oxygens (including phenoxy) is 1. The summed E-state index contributed by atoms with van der Waals surface area (Å²) in [6.45, 7) is 4.01. The summed E-state index contributed by atoms with van der Waals surface area (Å²) >= 11 is 11.7. The van der Waals surface area contributed by atoms with Crippen molar-refractivity contribution in [3.63, 3.8) is 0 Å². The molecule has 112 valence electrons. The van der Waals surface area contributed by atoms with Crippen molar-refractivity contribution in [1.82, 2.24) is 5.32 Å². The van der Waals surface area contributed by atoms with E-state index in [1.54, 1.807) is 18.2 Å². The molecule has 1 rings (SSSR count). The normalized spacial score (nSPS) is 13.7. The second-order valence-electron chi connectivity index (χ2n) is 4.72. The highest BCUT2D eigenvalue weighted by Gasteiger charge is 2.13. The molecule has 0 heterocycles. The van der Waals surface area contributed by atoms with Crippen LogP contribution in [-0.4, -0.2) is 30.3 Å². The second kappa shape index (κ2) is 8.35. The van der Waals surface area contributed by atoms with Crippen molar-refractivity contribution in [3.8, 4) is 5.75 Å². The summed E-state index contributed by atoms with van der Waals surface area (Å²) in [6, 6.07) is 4.82. The largest absolute Gasteiger partial charge is 0.493 e. The standard InChI is InChI=1S/C14H19Cl2NO3/c1-9(8-18)10(2)17-14(19)3-4-20-13-6-11(15)5-12(16)7-13/h5-7,9-10,18H,3-4,8H2,1-2H3,(H,17,19). The van der Waals surface area contributed by atoms with Crippen LogP contribution < -0.4 is 10.1 Å². The molecular formula is C14H19Cl2NO3. The summed E-state index contributed by atoms with van der Waals surface area (Å²) in [5, 5.41) is 12.8. The van der Waals surface area contributed by atoms with E-state index in [0.29, 0.717) is 15.8 Å². The molecule has 0 aliphatic carbocycles. The van der Waals surface area contributed by atoms with Crippen molar-refractivity contribution in [1.29, 1.82) is 0 Å². The molecule has 2 atom stereocenters. The van der Waals surface area contributed by atoms with E-state index in [4.69, 9.17) is 33.0 Å². The molecule has 0 bridgehead atoms. The van der Waals surface area contributed by atoms with Crippen LogP contribution >= 0.6 is 23.2 Å². The number of halogens is 2. The number of amides is 1. The van der Waals surface area contributed by atoms with E-state index in [-0.39, 0.29) is 37.5 Å². The Bertz CT molecular complexity index is 434. The van der Waals surface area contributed by atoms with Crippen LogP contribution in [0.1, 0.15) is 20.3 Å². The van der Waals surface area contributed by atoms with Crippen molar-refractivity contribution >= 4 is 29.1 Å². The molecule has 0 spiro atoms. The number of hydrogen-bond acceptors (Lipinski definition) is 3. The first-order valence-corrected chi connectivity index (χ1v) is 7.17. The predicted octanol–water partition coefficient (Wildman–Crippen LogP) is 2.90. The molecule has 1 aromatic carbocycles. The molecule has 2 N–H and O–H groups in total. The minimum Gasteiger partial charge on any atom is -0.493 e. The molecule has 2 unspecified atom stereocenters. The zero-order valence-electron chi connectivity index (χ0n) is 11.5. The highest BCUT2D eigenvalue weighted by Crippen LogP contribution is 2.24. The van der Waals surface area contributed by atoms with Crippen LogP contribution in [0.3, 0.4) is 0 Å². The summed E-state index contributed by atoms with van der Waals surface area (Å²) in [6.07, 6.45) is 0.229. The molecule has 0 aliphatic heterocycles. The molecule has 20 heavy (non-hydrogen) atoms. The second-order valence-corrected chi connectivity index (χ2v) is 5.59. The Balaban J connectivity index is 2.35. The maximum Gasteiger partial charge on any atom is 0.223 e. The molecule has 0 aliphatic rings. The van der Waals surface area contributed by atoms with E-state index in [2.05, 4.69) is 5.32 Å². The van der Waals surface area contributed by atoms with Crippen molar-refractivity contribution in [2.24, 2.45) is 5.92 Å². The third-order valence-corrected chi connectivity index (χ3v) is 3.40. The molecule has 0 radical (unpaired) electrons. The van der Waals surface area contributed by atoms with Gasteiger partial charge in [0, 0.05) is 22.7 Å². The van der Waals surface area contributed by atoms with Crippen LogP contribution in [0, 0.1) is 5.92 Å². The molecule has 0 saturated heterocycles. The Morgan fingerprint density at radius 2 is 1.90 bits per heavy atom. The number of aliphatic hydroxyl groups excluding tert-OH is 1. The molecule has 1 amide bonds. The van der Waals surface area contributed by atoms with Crippen molar-refractivity contribution in [2.75, 3.05) is 13.2 Å². The Kier molecular flexibility index (Phi) is 7.13. The van der Waals surface area contributed by atoms with Gasteiger partial charge in [-0.25, -0.2) is 0 Å². The van der Waals surface area contributed by atoms with Crippen LogP contribution in [0.15, 0.2) is 18.2 Å². The summed E-state index contributed by atoms with van der Waals surface area (Å²) in [5.74, 6) is 0.435. The first-order chi connectivity index (χ1) is 9.42. The first-order valence-electron chi connectivity index (χ1n) is 6.41. The lowest BCUT2D eigenvalue weighted by molar-refractivity contribution is -0.122. The Hall–Kier alpha value is -0.970. The molecule has 6 heteroatoms. The lowest BCUT2D eigenvalue weighted by Crippen LogP contribution is -2.38. The summed E-state index contributed by atoms with van der Waals surface area (Å²) in [4.78, 5) is 11.7. The number of carbonyl (C=O) groups excluding carboxylic acids is 1. The van der Waals surface area contributed by atoms with Gasteiger partial charge >= 0.3 is 0 Å². The fraction of sp³-hybridized carbons (Fsp3) is 0.500. The Morgan fingerprint density at radius 3 is 2.45 bits per heavy atom. The topological polar surface area (TPSA) is 58.6 Å². The van der Waals surface area contributed by atoms with Gasteiger partial charge < -0.3 is 15.2 Å². The fourth-order valence-electron chi connectivity index (χ4n) is 1.50. The lowest BCUT2D eigenvalue weighted by atomic mass is 10.1. The van der Waals surface area contributed by atoms with Crippen LogP contribution in [0.25, 0.3) is 0 Å². The zero-order valence-corrected chi connectivity index (χ0v) is 13.0. The van der Waals surface area contributed by atoms with E-state index in [1.165, 1.54) is 0 Å². The van der Waals surface area contributed by atoms with Gasteiger partial charge in [0.25, 0.3) is 0 Å². The molecule has 1 aromatic rings. The number of nitrogens with one attached hydrogen (secondary N) is 1. The van der Waals surface area contributed by atoms with E-state index in [0.717, 1.165) is 0 Å². The van der Waals surface area contributed by atoms with Gasteiger partial charge in [0.05, 0.1) is 13.0 Å². The summed E-state index contributed by atoms with van der Waals surface area (Å²) < 4.78 is 5.43.